The normalized spacial score (nSPS) is 22.3. The van der Waals surface area contributed by atoms with E-state index in [1.165, 1.54) is 18.5 Å². The van der Waals surface area contributed by atoms with Gasteiger partial charge in [-0.05, 0) is 30.9 Å². The molecule has 9 heteroatoms. The molecule has 1 aromatic carbocycles. The molecular formula is C21H18ClFN6O. The molecule has 1 aliphatic carbocycles. The third-order valence-corrected chi connectivity index (χ3v) is 5.91. The fourth-order valence-corrected chi connectivity index (χ4v) is 4.57. The lowest BCUT2D eigenvalue weighted by atomic mass is 10.0. The number of hydrogen-bond donors (Lipinski definition) is 1. The predicted molar refractivity (Wildman–Crippen MR) is 109 cm³/mol. The summed E-state index contributed by atoms with van der Waals surface area (Å²) in [7, 11) is 0. The fourth-order valence-electron chi connectivity index (χ4n) is 4.48. The Morgan fingerprint density at radius 3 is 2.60 bits per heavy atom. The van der Waals surface area contributed by atoms with Crippen molar-refractivity contribution in [3.05, 3.63) is 65.5 Å². The van der Waals surface area contributed by atoms with Gasteiger partial charge in [0.1, 0.15) is 5.82 Å². The molecule has 0 radical (unpaired) electrons. The molecule has 0 unspecified atom stereocenters. The molecule has 1 saturated heterocycles. The van der Waals surface area contributed by atoms with Crippen molar-refractivity contribution < 1.29 is 9.18 Å². The van der Waals surface area contributed by atoms with Crippen molar-refractivity contribution in [2.45, 2.75) is 24.9 Å². The van der Waals surface area contributed by atoms with Crippen LogP contribution in [0.25, 0.3) is 11.4 Å². The highest BCUT2D eigenvalue weighted by molar-refractivity contribution is 6.30. The summed E-state index contributed by atoms with van der Waals surface area (Å²) < 4.78 is 14.8. The Hall–Kier alpha value is -3.13. The molecule has 3 heterocycles. The zero-order valence-electron chi connectivity index (χ0n) is 15.9. The van der Waals surface area contributed by atoms with E-state index in [4.69, 9.17) is 11.6 Å². The van der Waals surface area contributed by atoms with Crippen LogP contribution < -0.4 is 5.32 Å². The largest absolute Gasteiger partial charge is 0.349 e. The van der Waals surface area contributed by atoms with E-state index in [0.717, 1.165) is 12.8 Å². The minimum Gasteiger partial charge on any atom is -0.349 e. The summed E-state index contributed by atoms with van der Waals surface area (Å²) in [4.78, 5) is 32.0. The zero-order chi connectivity index (χ0) is 20.7. The molecule has 1 N–H and O–H groups in total. The Kier molecular flexibility index (Phi) is 4.78. The van der Waals surface area contributed by atoms with Crippen LogP contribution in [-0.4, -0.2) is 49.4 Å². The van der Waals surface area contributed by atoms with E-state index in [2.05, 4.69) is 25.3 Å². The van der Waals surface area contributed by atoms with Crippen LogP contribution in [0.4, 0.5) is 10.3 Å². The van der Waals surface area contributed by atoms with Crippen molar-refractivity contribution in [1.29, 1.82) is 0 Å². The highest BCUT2D eigenvalue weighted by Gasteiger charge is 2.48. The van der Waals surface area contributed by atoms with Gasteiger partial charge < -0.3 is 10.2 Å². The minimum absolute atomic E-state index is 0.00271. The molecule has 1 amide bonds. The van der Waals surface area contributed by atoms with E-state index < -0.39 is 5.82 Å². The van der Waals surface area contributed by atoms with E-state index in [1.807, 2.05) is 0 Å². The number of halogens is 2. The first kappa shape index (κ1) is 18.9. The number of anilines is 1. The van der Waals surface area contributed by atoms with E-state index in [1.54, 1.807) is 35.5 Å². The highest BCUT2D eigenvalue weighted by Crippen LogP contribution is 2.40. The molecular weight excluding hydrogens is 407 g/mol. The summed E-state index contributed by atoms with van der Waals surface area (Å²) in [6.07, 6.45) is 7.97. The monoisotopic (exact) mass is 424 g/mol. The molecule has 3 atom stereocenters. The van der Waals surface area contributed by atoms with Gasteiger partial charge >= 0.3 is 0 Å². The van der Waals surface area contributed by atoms with Gasteiger partial charge in [0, 0.05) is 30.5 Å². The maximum Gasteiger partial charge on any atom is 0.257 e. The third-order valence-electron chi connectivity index (χ3n) is 5.71. The van der Waals surface area contributed by atoms with Gasteiger partial charge in [-0.15, -0.1) is 0 Å². The number of piperidine rings is 1. The van der Waals surface area contributed by atoms with Gasteiger partial charge in [0.25, 0.3) is 5.91 Å². The predicted octanol–water partition coefficient (Wildman–Crippen LogP) is 3.44. The Morgan fingerprint density at radius 2 is 1.87 bits per heavy atom. The number of likely N-dealkylation sites (tertiary alicyclic amines) is 1. The van der Waals surface area contributed by atoms with Crippen LogP contribution in [0.1, 0.15) is 23.2 Å². The highest BCUT2D eigenvalue weighted by atomic mass is 35.5. The Bertz CT molecular complexity index is 1080. The quantitative estimate of drug-likeness (QED) is 0.690. The Morgan fingerprint density at radius 1 is 1.10 bits per heavy atom. The number of fused-ring (bicyclic) bond motifs is 2. The van der Waals surface area contributed by atoms with E-state index in [0.29, 0.717) is 34.8 Å². The molecule has 5 rings (SSSR count). The fraction of sp³-hybridized carbons (Fsp3) is 0.286. The minimum atomic E-state index is -0.571. The van der Waals surface area contributed by atoms with Crippen molar-refractivity contribution in [2.24, 2.45) is 5.92 Å². The second-order valence-electron chi connectivity index (χ2n) is 7.57. The number of benzene rings is 1. The molecule has 3 aromatic rings. The number of carbonyl (C=O) groups is 1. The lowest BCUT2D eigenvalue weighted by Crippen LogP contribution is -2.48. The molecule has 1 aliphatic heterocycles. The molecule has 30 heavy (non-hydrogen) atoms. The molecule has 1 saturated carbocycles. The molecule has 2 aromatic heterocycles. The lowest BCUT2D eigenvalue weighted by molar-refractivity contribution is 0.0688. The first-order valence-corrected chi connectivity index (χ1v) is 10.1. The average molecular weight is 425 g/mol. The number of nitrogens with one attached hydrogen (secondary N) is 1. The topological polar surface area (TPSA) is 83.9 Å². The lowest BCUT2D eigenvalue weighted by Gasteiger charge is -2.34. The average Bonchev–Trinajstić information content (AvgIpc) is 3.36. The number of carbonyl (C=O) groups excluding carboxylic acids is 1. The van der Waals surface area contributed by atoms with Crippen LogP contribution in [-0.2, 0) is 0 Å². The molecule has 0 spiro atoms. The first-order chi connectivity index (χ1) is 14.6. The van der Waals surface area contributed by atoms with Gasteiger partial charge in [0.05, 0.1) is 29.0 Å². The summed E-state index contributed by atoms with van der Waals surface area (Å²) in [6, 6.07) is 6.15. The molecule has 2 bridgehead atoms. The second kappa shape index (κ2) is 7.60. The number of hydrogen-bond acceptors (Lipinski definition) is 6. The number of rotatable bonds is 4. The smallest absolute Gasteiger partial charge is 0.257 e. The van der Waals surface area contributed by atoms with Crippen LogP contribution in [0.2, 0.25) is 5.02 Å². The maximum atomic E-state index is 14.8. The second-order valence-corrected chi connectivity index (χ2v) is 8.01. The van der Waals surface area contributed by atoms with Gasteiger partial charge in [0.15, 0.2) is 5.82 Å². The molecule has 2 fully saturated rings. The first-order valence-electron chi connectivity index (χ1n) is 9.71. The van der Waals surface area contributed by atoms with Crippen LogP contribution in [0.3, 0.4) is 0 Å². The zero-order valence-corrected chi connectivity index (χ0v) is 16.6. The van der Waals surface area contributed by atoms with Crippen molar-refractivity contribution in [3.63, 3.8) is 0 Å². The number of nitrogens with zero attached hydrogens (tertiary/aromatic N) is 5. The summed E-state index contributed by atoms with van der Waals surface area (Å²) in [6.45, 7) is 0.604. The van der Waals surface area contributed by atoms with Crippen molar-refractivity contribution in [3.8, 4) is 11.4 Å². The van der Waals surface area contributed by atoms with Crippen molar-refractivity contribution >= 4 is 23.5 Å². The van der Waals surface area contributed by atoms with Gasteiger partial charge in [-0.3, -0.25) is 4.79 Å². The van der Waals surface area contributed by atoms with E-state index >= 15 is 0 Å². The summed E-state index contributed by atoms with van der Waals surface area (Å²) in [5.74, 6) is 0.236. The van der Waals surface area contributed by atoms with Crippen molar-refractivity contribution in [1.82, 2.24) is 24.8 Å². The third kappa shape index (κ3) is 3.37. The summed E-state index contributed by atoms with van der Waals surface area (Å²) >= 11 is 5.85. The van der Waals surface area contributed by atoms with Crippen molar-refractivity contribution in [2.75, 3.05) is 11.9 Å². The summed E-state index contributed by atoms with van der Waals surface area (Å²) in [5.41, 5.74) is 0.409. The van der Waals surface area contributed by atoms with Gasteiger partial charge in [-0.1, -0.05) is 23.7 Å². The van der Waals surface area contributed by atoms with Crippen LogP contribution in [0, 0.1) is 11.7 Å². The SMILES string of the molecule is O=C(c1c(F)cccc1-c1ncccn1)N1C[C@H]2C[C@@H](Nc3ncc(Cl)cn3)[C@@H]1C2. The Balaban J connectivity index is 1.43. The summed E-state index contributed by atoms with van der Waals surface area (Å²) in [5, 5.41) is 3.76. The molecule has 7 nitrogen and oxygen atoms in total. The van der Waals surface area contributed by atoms with Crippen LogP contribution >= 0.6 is 11.6 Å². The number of aromatic nitrogens is 4. The standard InChI is InChI=1S/C21H18ClFN6O/c22-13-9-26-21(27-10-13)28-16-7-12-8-17(16)29(11-12)20(30)18-14(3-1-4-15(18)23)19-24-5-2-6-25-19/h1-6,9-10,12,16-17H,7-8,11H2,(H,26,27,28)/t12-,16+,17-/m0/s1. The van der Waals surface area contributed by atoms with Gasteiger partial charge in [-0.25, -0.2) is 24.3 Å². The maximum absolute atomic E-state index is 14.8. The molecule has 2 aliphatic rings. The Labute approximate surface area is 177 Å². The van der Waals surface area contributed by atoms with Crippen LogP contribution in [0.5, 0.6) is 0 Å². The van der Waals surface area contributed by atoms with Gasteiger partial charge in [0.2, 0.25) is 5.95 Å². The van der Waals surface area contributed by atoms with Crippen LogP contribution in [0.15, 0.2) is 49.1 Å². The van der Waals surface area contributed by atoms with E-state index in [-0.39, 0.29) is 23.6 Å². The molecule has 152 valence electrons. The van der Waals surface area contributed by atoms with E-state index in [9.17, 15) is 9.18 Å². The number of amides is 1. The van der Waals surface area contributed by atoms with Gasteiger partial charge in [-0.2, -0.15) is 0 Å².